The Bertz CT molecular complexity index is 255. The van der Waals surface area contributed by atoms with Gasteiger partial charge in [0, 0.05) is 33.9 Å². The van der Waals surface area contributed by atoms with Gasteiger partial charge in [0.05, 0.1) is 0 Å². The second kappa shape index (κ2) is 10.7. The Kier molecular flexibility index (Phi) is 10.7. The molecule has 0 amide bonds. The number of nitrogens with one attached hydrogen (secondary N) is 2. The van der Waals surface area contributed by atoms with Gasteiger partial charge in [-0.25, -0.2) is 0 Å². The Balaban J connectivity index is 0.00000324. The fourth-order valence-corrected chi connectivity index (χ4v) is 2.39. The molecule has 0 aromatic carbocycles. The van der Waals surface area contributed by atoms with E-state index in [1.807, 2.05) is 7.05 Å². The number of halogens is 1. The highest BCUT2D eigenvalue weighted by Crippen LogP contribution is 2.43. The van der Waals surface area contributed by atoms with Crippen molar-refractivity contribution in [1.82, 2.24) is 10.6 Å². The molecule has 1 aliphatic carbocycles. The Labute approximate surface area is 135 Å². The number of methoxy groups -OCH3 is 1. The van der Waals surface area contributed by atoms with Gasteiger partial charge in [0.25, 0.3) is 0 Å². The summed E-state index contributed by atoms with van der Waals surface area (Å²) in [5.74, 6) is 0.937. The fraction of sp³-hybridized carbons (Fsp3) is 0.929. The van der Waals surface area contributed by atoms with E-state index in [9.17, 15) is 0 Å². The highest BCUT2D eigenvalue weighted by Gasteiger charge is 2.36. The van der Waals surface area contributed by atoms with E-state index in [0.717, 1.165) is 32.1 Å². The molecule has 4 nitrogen and oxygen atoms in total. The first-order valence-corrected chi connectivity index (χ1v) is 7.20. The zero-order chi connectivity index (χ0) is 13.3. The van der Waals surface area contributed by atoms with Gasteiger partial charge in [-0.05, 0) is 31.1 Å². The smallest absolute Gasteiger partial charge is 0.190 e. The third-order valence-electron chi connectivity index (χ3n) is 3.93. The zero-order valence-corrected chi connectivity index (χ0v) is 15.0. The molecule has 1 aliphatic rings. The van der Waals surface area contributed by atoms with Gasteiger partial charge in [-0.3, -0.25) is 4.99 Å². The molecule has 0 saturated heterocycles. The minimum atomic E-state index is 0. The van der Waals surface area contributed by atoms with Crippen molar-refractivity contribution in [1.29, 1.82) is 0 Å². The maximum Gasteiger partial charge on any atom is 0.190 e. The van der Waals surface area contributed by atoms with Crippen LogP contribution in [0.4, 0.5) is 0 Å². The third kappa shape index (κ3) is 6.79. The van der Waals surface area contributed by atoms with Gasteiger partial charge in [-0.15, -0.1) is 24.0 Å². The lowest BCUT2D eigenvalue weighted by atomic mass is 9.67. The Hall–Kier alpha value is -0.0400. The first-order valence-electron chi connectivity index (χ1n) is 7.20. The Morgan fingerprint density at radius 1 is 1.32 bits per heavy atom. The topological polar surface area (TPSA) is 45.7 Å². The normalized spacial score (nSPS) is 17.3. The molecule has 5 heteroatoms. The van der Waals surface area contributed by atoms with E-state index in [1.165, 1.54) is 32.1 Å². The van der Waals surface area contributed by atoms with Crippen molar-refractivity contribution in [2.75, 3.05) is 33.9 Å². The molecule has 0 aromatic rings. The number of rotatable bonds is 8. The summed E-state index contributed by atoms with van der Waals surface area (Å²) in [5, 5.41) is 6.82. The highest BCUT2D eigenvalue weighted by molar-refractivity contribution is 14.0. The van der Waals surface area contributed by atoms with E-state index >= 15 is 0 Å². The molecular formula is C14H30IN3O. The average molecular weight is 383 g/mol. The number of hydrogen-bond donors (Lipinski definition) is 2. The lowest BCUT2D eigenvalue weighted by molar-refractivity contribution is 0.0732. The number of guanidine groups is 1. The van der Waals surface area contributed by atoms with Crippen molar-refractivity contribution in [3.05, 3.63) is 0 Å². The maximum absolute atomic E-state index is 5.21. The van der Waals surface area contributed by atoms with Crippen molar-refractivity contribution < 1.29 is 4.74 Å². The molecule has 0 bridgehead atoms. The van der Waals surface area contributed by atoms with Crippen LogP contribution in [-0.2, 0) is 4.74 Å². The second-order valence-electron chi connectivity index (χ2n) is 5.30. The van der Waals surface area contributed by atoms with Crippen LogP contribution in [0.5, 0.6) is 0 Å². The van der Waals surface area contributed by atoms with Crippen molar-refractivity contribution >= 4 is 29.9 Å². The van der Waals surface area contributed by atoms with Gasteiger partial charge < -0.3 is 15.4 Å². The van der Waals surface area contributed by atoms with E-state index in [4.69, 9.17) is 4.74 Å². The van der Waals surface area contributed by atoms with E-state index in [2.05, 4.69) is 22.5 Å². The fourth-order valence-electron chi connectivity index (χ4n) is 2.39. The molecule has 1 rings (SSSR count). The summed E-state index contributed by atoms with van der Waals surface area (Å²) in [6, 6.07) is 0. The minimum Gasteiger partial charge on any atom is -0.385 e. The third-order valence-corrected chi connectivity index (χ3v) is 3.93. The average Bonchev–Trinajstić information content (AvgIpc) is 2.35. The zero-order valence-electron chi connectivity index (χ0n) is 12.6. The quantitative estimate of drug-likeness (QED) is 0.293. The molecule has 0 unspecified atom stereocenters. The van der Waals surface area contributed by atoms with E-state index in [-0.39, 0.29) is 24.0 Å². The predicted octanol–water partition coefficient (Wildman–Crippen LogP) is 2.78. The standard InChI is InChI=1S/C14H29N3O.HI/c1-4-5-10-16-13(15-2)17-12-14(7-6-8-14)9-11-18-3;/h4-12H2,1-3H3,(H2,15,16,17);1H. The van der Waals surface area contributed by atoms with E-state index in [1.54, 1.807) is 7.11 Å². The summed E-state index contributed by atoms with van der Waals surface area (Å²) in [4.78, 5) is 4.26. The van der Waals surface area contributed by atoms with Gasteiger partial charge in [-0.1, -0.05) is 19.8 Å². The lowest BCUT2D eigenvalue weighted by Gasteiger charge is -2.42. The molecule has 1 fully saturated rings. The van der Waals surface area contributed by atoms with Gasteiger partial charge in [0.15, 0.2) is 5.96 Å². The summed E-state index contributed by atoms with van der Waals surface area (Å²) in [6.45, 7) is 5.08. The van der Waals surface area contributed by atoms with Crippen molar-refractivity contribution in [2.45, 2.75) is 45.4 Å². The second-order valence-corrected chi connectivity index (χ2v) is 5.30. The van der Waals surface area contributed by atoms with Crippen molar-refractivity contribution in [3.8, 4) is 0 Å². The molecule has 0 heterocycles. The molecule has 1 saturated carbocycles. The number of unbranched alkanes of at least 4 members (excludes halogenated alkanes) is 1. The summed E-state index contributed by atoms with van der Waals surface area (Å²) in [5.41, 5.74) is 0.443. The summed E-state index contributed by atoms with van der Waals surface area (Å²) in [6.07, 6.45) is 7.54. The summed E-state index contributed by atoms with van der Waals surface area (Å²) < 4.78 is 5.21. The van der Waals surface area contributed by atoms with Gasteiger partial charge >= 0.3 is 0 Å². The Morgan fingerprint density at radius 3 is 2.53 bits per heavy atom. The highest BCUT2D eigenvalue weighted by atomic mass is 127. The monoisotopic (exact) mass is 383 g/mol. The molecular weight excluding hydrogens is 353 g/mol. The van der Waals surface area contributed by atoms with Crippen LogP contribution in [0, 0.1) is 5.41 Å². The molecule has 0 aliphatic heterocycles. The van der Waals surface area contributed by atoms with Crippen LogP contribution in [0.3, 0.4) is 0 Å². The number of nitrogens with zero attached hydrogens (tertiary/aromatic N) is 1. The van der Waals surface area contributed by atoms with Crippen molar-refractivity contribution in [2.24, 2.45) is 10.4 Å². The largest absolute Gasteiger partial charge is 0.385 e. The molecule has 0 spiro atoms. The molecule has 19 heavy (non-hydrogen) atoms. The van der Waals surface area contributed by atoms with Crippen molar-refractivity contribution in [3.63, 3.8) is 0 Å². The minimum absolute atomic E-state index is 0. The number of ether oxygens (including phenoxy) is 1. The molecule has 114 valence electrons. The van der Waals surface area contributed by atoms with Gasteiger partial charge in [-0.2, -0.15) is 0 Å². The van der Waals surface area contributed by atoms with Crippen LogP contribution in [-0.4, -0.2) is 39.8 Å². The van der Waals surface area contributed by atoms with Crippen LogP contribution in [0.25, 0.3) is 0 Å². The van der Waals surface area contributed by atoms with Crippen LogP contribution < -0.4 is 10.6 Å². The molecule has 0 radical (unpaired) electrons. The van der Waals surface area contributed by atoms with Crippen LogP contribution in [0.15, 0.2) is 4.99 Å². The van der Waals surface area contributed by atoms with Crippen LogP contribution in [0.2, 0.25) is 0 Å². The van der Waals surface area contributed by atoms with Gasteiger partial charge in [0.2, 0.25) is 0 Å². The SMILES string of the molecule is CCCCNC(=NC)NCC1(CCOC)CCC1.I. The first-order chi connectivity index (χ1) is 8.76. The predicted molar refractivity (Wildman–Crippen MR) is 92.5 cm³/mol. The number of hydrogen-bond acceptors (Lipinski definition) is 2. The van der Waals surface area contributed by atoms with Crippen LogP contribution in [0.1, 0.15) is 45.4 Å². The molecule has 0 aromatic heterocycles. The Morgan fingerprint density at radius 2 is 2.05 bits per heavy atom. The van der Waals surface area contributed by atoms with E-state index < -0.39 is 0 Å². The van der Waals surface area contributed by atoms with Gasteiger partial charge in [0.1, 0.15) is 0 Å². The van der Waals surface area contributed by atoms with E-state index in [0.29, 0.717) is 5.41 Å². The lowest BCUT2D eigenvalue weighted by Crippen LogP contribution is -2.47. The number of aliphatic imine (C=N–C) groups is 1. The molecule has 0 atom stereocenters. The molecule has 2 N–H and O–H groups in total. The summed E-state index contributed by atoms with van der Waals surface area (Å²) >= 11 is 0. The first kappa shape index (κ1) is 19.0. The van der Waals surface area contributed by atoms with Crippen LogP contribution >= 0.6 is 24.0 Å². The summed E-state index contributed by atoms with van der Waals surface area (Å²) in [7, 11) is 3.62. The maximum atomic E-state index is 5.21.